The summed E-state index contributed by atoms with van der Waals surface area (Å²) in [6.07, 6.45) is 4.15. The number of nitrogens with two attached hydrogens (primary N) is 1. The maximum Gasteiger partial charge on any atom is 0.294 e. The molecule has 1 saturated heterocycles. The number of nitrogens with one attached hydrogen (secondary N) is 1. The summed E-state index contributed by atoms with van der Waals surface area (Å²) in [7, 11) is 0. The second kappa shape index (κ2) is 6.33. The van der Waals surface area contributed by atoms with E-state index in [1.807, 2.05) is 0 Å². The van der Waals surface area contributed by atoms with Crippen LogP contribution in [-0.4, -0.2) is 28.8 Å². The zero-order valence-corrected chi connectivity index (χ0v) is 11.2. The highest BCUT2D eigenvalue weighted by atomic mass is 16.6. The molecule has 7 nitrogen and oxygen atoms in total. The number of likely N-dealkylation sites (tertiary alicyclic amines) is 1. The molecule has 0 aliphatic carbocycles. The van der Waals surface area contributed by atoms with Crippen molar-refractivity contribution in [3.63, 3.8) is 0 Å². The predicted octanol–water partition coefficient (Wildman–Crippen LogP) is 1.90. The number of para-hydroxylation sites is 1. The van der Waals surface area contributed by atoms with Crippen LogP contribution in [0.15, 0.2) is 18.2 Å². The number of benzene rings is 1. The Morgan fingerprint density at radius 3 is 2.45 bits per heavy atom. The Kier molecular flexibility index (Phi) is 4.52. The molecule has 2 rings (SSSR count). The summed E-state index contributed by atoms with van der Waals surface area (Å²) in [5.74, 6) is 5.16. The summed E-state index contributed by atoms with van der Waals surface area (Å²) in [5, 5.41) is 11.0. The summed E-state index contributed by atoms with van der Waals surface area (Å²) in [6, 6.07) is 4.40. The zero-order valence-electron chi connectivity index (χ0n) is 11.2. The van der Waals surface area contributed by atoms with Crippen LogP contribution in [0.2, 0.25) is 0 Å². The van der Waals surface area contributed by atoms with Crippen LogP contribution < -0.4 is 11.3 Å². The fraction of sp³-hybridized carbons (Fsp3) is 0.462. The highest BCUT2D eigenvalue weighted by Gasteiger charge is 2.24. The van der Waals surface area contributed by atoms with Gasteiger partial charge in [0.05, 0.1) is 10.5 Å². The van der Waals surface area contributed by atoms with Crippen molar-refractivity contribution in [2.75, 3.05) is 18.5 Å². The first kappa shape index (κ1) is 14.3. The normalized spacial score (nSPS) is 15.6. The average Bonchev–Trinajstić information content (AvgIpc) is 2.74. The van der Waals surface area contributed by atoms with E-state index in [9.17, 15) is 14.9 Å². The minimum absolute atomic E-state index is 0.0757. The van der Waals surface area contributed by atoms with Gasteiger partial charge in [0.15, 0.2) is 0 Å². The van der Waals surface area contributed by atoms with E-state index in [1.165, 1.54) is 12.1 Å². The molecule has 0 atom stereocenters. The molecule has 1 aliphatic heterocycles. The van der Waals surface area contributed by atoms with Crippen LogP contribution in [-0.2, 0) is 0 Å². The lowest BCUT2D eigenvalue weighted by molar-refractivity contribution is -0.384. The van der Waals surface area contributed by atoms with E-state index in [4.69, 9.17) is 5.84 Å². The van der Waals surface area contributed by atoms with E-state index in [0.29, 0.717) is 13.1 Å². The van der Waals surface area contributed by atoms with Gasteiger partial charge in [-0.15, -0.1) is 0 Å². The van der Waals surface area contributed by atoms with Crippen molar-refractivity contribution in [1.29, 1.82) is 0 Å². The van der Waals surface area contributed by atoms with E-state index in [1.54, 1.807) is 11.0 Å². The number of nitro benzene ring substituents is 1. The summed E-state index contributed by atoms with van der Waals surface area (Å²) in [4.78, 5) is 24.7. The molecule has 1 aliphatic rings. The Labute approximate surface area is 116 Å². The van der Waals surface area contributed by atoms with Gasteiger partial charge in [-0.05, 0) is 18.9 Å². The second-order valence-electron chi connectivity index (χ2n) is 4.81. The van der Waals surface area contributed by atoms with E-state index < -0.39 is 4.92 Å². The Bertz CT molecular complexity index is 510. The van der Waals surface area contributed by atoms with Crippen molar-refractivity contribution in [2.24, 2.45) is 5.84 Å². The monoisotopic (exact) mass is 278 g/mol. The van der Waals surface area contributed by atoms with Gasteiger partial charge >= 0.3 is 0 Å². The molecule has 20 heavy (non-hydrogen) atoms. The van der Waals surface area contributed by atoms with Gasteiger partial charge in [-0.2, -0.15) is 0 Å². The number of anilines is 1. The van der Waals surface area contributed by atoms with Crippen molar-refractivity contribution in [2.45, 2.75) is 25.7 Å². The lowest BCUT2D eigenvalue weighted by Gasteiger charge is -2.21. The lowest BCUT2D eigenvalue weighted by Crippen LogP contribution is -2.32. The molecule has 108 valence electrons. The molecule has 1 aromatic rings. The number of hydrogen-bond donors (Lipinski definition) is 2. The number of nitrogen functional groups attached to an aromatic ring is 1. The largest absolute Gasteiger partial charge is 0.339 e. The smallest absolute Gasteiger partial charge is 0.294 e. The van der Waals surface area contributed by atoms with E-state index in [-0.39, 0.29) is 22.8 Å². The van der Waals surface area contributed by atoms with Crippen LogP contribution in [0.5, 0.6) is 0 Å². The van der Waals surface area contributed by atoms with Gasteiger partial charge in [0.2, 0.25) is 0 Å². The molecule has 1 fully saturated rings. The van der Waals surface area contributed by atoms with Crippen molar-refractivity contribution >= 4 is 17.3 Å². The highest BCUT2D eigenvalue weighted by Crippen LogP contribution is 2.28. The summed E-state index contributed by atoms with van der Waals surface area (Å²) >= 11 is 0. The number of hydrogen-bond acceptors (Lipinski definition) is 5. The molecule has 7 heteroatoms. The zero-order chi connectivity index (χ0) is 14.5. The van der Waals surface area contributed by atoms with Crippen molar-refractivity contribution in [1.82, 2.24) is 4.90 Å². The standard InChI is InChI=1S/C13H18N4O3/c14-15-12-10(6-5-7-11(12)17(19)20)13(18)16-8-3-1-2-4-9-16/h5-7,15H,1-4,8-9,14H2. The fourth-order valence-corrected chi connectivity index (χ4v) is 2.47. The van der Waals surface area contributed by atoms with Crippen LogP contribution >= 0.6 is 0 Å². The van der Waals surface area contributed by atoms with Gasteiger partial charge in [0, 0.05) is 19.2 Å². The SMILES string of the molecule is NNc1c(C(=O)N2CCCCCC2)cccc1[N+](=O)[O-]. The molecule has 0 aromatic heterocycles. The van der Waals surface area contributed by atoms with Crippen molar-refractivity contribution in [3.05, 3.63) is 33.9 Å². The molecular formula is C13H18N4O3. The number of hydrazine groups is 1. The number of carbonyl (C=O) groups is 1. The van der Waals surface area contributed by atoms with Crippen LogP contribution in [0.25, 0.3) is 0 Å². The highest BCUT2D eigenvalue weighted by molar-refractivity contribution is 6.01. The van der Waals surface area contributed by atoms with Gasteiger partial charge in [-0.1, -0.05) is 18.9 Å². The van der Waals surface area contributed by atoms with Gasteiger partial charge in [-0.25, -0.2) is 0 Å². The maximum absolute atomic E-state index is 12.5. The number of rotatable bonds is 3. The lowest BCUT2D eigenvalue weighted by atomic mass is 10.1. The third-order valence-corrected chi connectivity index (χ3v) is 3.51. The Balaban J connectivity index is 2.33. The first-order valence-corrected chi connectivity index (χ1v) is 6.68. The molecule has 1 heterocycles. The predicted molar refractivity (Wildman–Crippen MR) is 75.3 cm³/mol. The van der Waals surface area contributed by atoms with Crippen molar-refractivity contribution < 1.29 is 9.72 Å². The van der Waals surface area contributed by atoms with Crippen LogP contribution in [0.3, 0.4) is 0 Å². The molecular weight excluding hydrogens is 260 g/mol. The quantitative estimate of drug-likeness (QED) is 0.499. The fourth-order valence-electron chi connectivity index (χ4n) is 2.47. The Hall–Kier alpha value is -2.15. The minimum atomic E-state index is -0.547. The van der Waals surface area contributed by atoms with Gasteiger partial charge < -0.3 is 10.3 Å². The van der Waals surface area contributed by atoms with E-state index in [0.717, 1.165) is 25.7 Å². The van der Waals surface area contributed by atoms with Gasteiger partial charge in [-0.3, -0.25) is 20.8 Å². The maximum atomic E-state index is 12.5. The van der Waals surface area contributed by atoms with Crippen molar-refractivity contribution in [3.8, 4) is 0 Å². The molecule has 0 unspecified atom stereocenters. The Morgan fingerprint density at radius 1 is 1.25 bits per heavy atom. The molecule has 0 saturated carbocycles. The third-order valence-electron chi connectivity index (χ3n) is 3.51. The number of nitro groups is 1. The minimum Gasteiger partial charge on any atom is -0.339 e. The van der Waals surface area contributed by atoms with Gasteiger partial charge in [0.1, 0.15) is 5.69 Å². The molecule has 1 aromatic carbocycles. The summed E-state index contributed by atoms with van der Waals surface area (Å²) in [5.41, 5.74) is 2.43. The van der Waals surface area contributed by atoms with Crippen LogP contribution in [0.1, 0.15) is 36.0 Å². The molecule has 0 radical (unpaired) electrons. The molecule has 0 spiro atoms. The first-order valence-electron chi connectivity index (χ1n) is 6.68. The van der Waals surface area contributed by atoms with E-state index in [2.05, 4.69) is 5.43 Å². The number of carbonyl (C=O) groups excluding carboxylic acids is 1. The number of nitrogens with zero attached hydrogens (tertiary/aromatic N) is 2. The molecule has 3 N–H and O–H groups in total. The second-order valence-corrected chi connectivity index (χ2v) is 4.81. The summed E-state index contributed by atoms with van der Waals surface area (Å²) in [6.45, 7) is 1.37. The molecule has 0 bridgehead atoms. The Morgan fingerprint density at radius 2 is 1.90 bits per heavy atom. The summed E-state index contributed by atoms with van der Waals surface area (Å²) < 4.78 is 0. The molecule has 1 amide bonds. The van der Waals surface area contributed by atoms with Crippen LogP contribution in [0, 0.1) is 10.1 Å². The first-order chi connectivity index (χ1) is 9.65. The number of amides is 1. The topological polar surface area (TPSA) is 102 Å². The average molecular weight is 278 g/mol. The third kappa shape index (κ3) is 2.88. The van der Waals surface area contributed by atoms with E-state index >= 15 is 0 Å². The van der Waals surface area contributed by atoms with Gasteiger partial charge in [0.25, 0.3) is 11.6 Å². The van der Waals surface area contributed by atoms with Crippen LogP contribution in [0.4, 0.5) is 11.4 Å².